The van der Waals surface area contributed by atoms with Crippen LogP contribution in [-0.2, 0) is 16.0 Å². The van der Waals surface area contributed by atoms with Crippen LogP contribution in [0.2, 0.25) is 0 Å². The average molecular weight is 519 g/mol. The molecule has 0 radical (unpaired) electrons. The molecule has 3 aromatic rings. The van der Waals surface area contributed by atoms with E-state index in [1.165, 1.54) is 6.07 Å². The van der Waals surface area contributed by atoms with E-state index in [2.05, 4.69) is 47.2 Å². The van der Waals surface area contributed by atoms with Gasteiger partial charge in [0.05, 0.1) is 10.9 Å². The molecule has 1 aromatic heterocycles. The van der Waals surface area contributed by atoms with Crippen LogP contribution in [0, 0.1) is 11.6 Å². The van der Waals surface area contributed by atoms with Gasteiger partial charge in [-0.15, -0.1) is 0 Å². The van der Waals surface area contributed by atoms with Crippen LogP contribution in [0.1, 0.15) is 12.0 Å². The van der Waals surface area contributed by atoms with Gasteiger partial charge in [-0.2, -0.15) is 4.98 Å². The van der Waals surface area contributed by atoms with E-state index in [9.17, 15) is 18.4 Å². The number of rotatable bonds is 11. The second-order valence-electron chi connectivity index (χ2n) is 6.90. The monoisotopic (exact) mass is 518 g/mol. The van der Waals surface area contributed by atoms with Crippen LogP contribution >= 0.6 is 15.9 Å². The molecule has 0 spiro atoms. The van der Waals surface area contributed by atoms with Gasteiger partial charge in [0.25, 0.3) is 0 Å². The van der Waals surface area contributed by atoms with E-state index < -0.39 is 11.6 Å². The molecule has 0 aliphatic rings. The molecule has 0 fully saturated rings. The third-order valence-corrected chi connectivity index (χ3v) is 5.00. The van der Waals surface area contributed by atoms with Crippen molar-refractivity contribution in [3.63, 3.8) is 0 Å². The van der Waals surface area contributed by atoms with Crippen molar-refractivity contribution < 1.29 is 18.4 Å². The van der Waals surface area contributed by atoms with Crippen molar-refractivity contribution in [3.05, 3.63) is 70.3 Å². The molecule has 0 bridgehead atoms. The van der Waals surface area contributed by atoms with Gasteiger partial charge in [0, 0.05) is 36.7 Å². The fourth-order valence-corrected chi connectivity index (χ4v) is 3.19. The molecule has 0 atom stereocenters. The van der Waals surface area contributed by atoms with Crippen LogP contribution in [-0.4, -0.2) is 35.4 Å². The zero-order chi connectivity index (χ0) is 23.6. The number of nitrogens with one attached hydrogen (secondary N) is 4. The van der Waals surface area contributed by atoms with Crippen LogP contribution in [0.5, 0.6) is 0 Å². The number of carbonyl (C=O) groups is 2. The summed E-state index contributed by atoms with van der Waals surface area (Å²) >= 11 is 3.39. The SMILES string of the molecule is O=CNc1cccc(Nc2ncc(Br)c(NCCCNC(=O)Cc3ccc(F)cc3F)n2)c1. The number of benzene rings is 2. The molecule has 172 valence electrons. The van der Waals surface area contributed by atoms with Gasteiger partial charge >= 0.3 is 0 Å². The second-order valence-corrected chi connectivity index (χ2v) is 7.76. The Bertz CT molecular complexity index is 1130. The number of carbonyl (C=O) groups excluding carboxylic acids is 2. The summed E-state index contributed by atoms with van der Waals surface area (Å²) in [6, 6.07) is 10.2. The molecule has 1 heterocycles. The van der Waals surface area contributed by atoms with Gasteiger partial charge in [0.2, 0.25) is 18.3 Å². The zero-order valence-corrected chi connectivity index (χ0v) is 19.0. The van der Waals surface area contributed by atoms with E-state index in [1.807, 2.05) is 6.07 Å². The van der Waals surface area contributed by atoms with E-state index in [0.29, 0.717) is 53.5 Å². The van der Waals surface area contributed by atoms with E-state index in [1.54, 1.807) is 24.4 Å². The molecule has 33 heavy (non-hydrogen) atoms. The lowest BCUT2D eigenvalue weighted by Crippen LogP contribution is -2.27. The number of hydrogen-bond acceptors (Lipinski definition) is 6. The van der Waals surface area contributed by atoms with E-state index in [4.69, 9.17) is 0 Å². The number of halogens is 3. The van der Waals surface area contributed by atoms with Gasteiger partial charge in [0.15, 0.2) is 0 Å². The maximum Gasteiger partial charge on any atom is 0.229 e. The summed E-state index contributed by atoms with van der Waals surface area (Å²) in [5, 5.41) is 11.5. The van der Waals surface area contributed by atoms with E-state index in [0.717, 1.165) is 12.1 Å². The first kappa shape index (κ1) is 24.1. The highest BCUT2D eigenvalue weighted by atomic mass is 79.9. The fourth-order valence-electron chi connectivity index (χ4n) is 2.86. The predicted molar refractivity (Wildman–Crippen MR) is 125 cm³/mol. The maximum absolute atomic E-state index is 13.6. The minimum absolute atomic E-state index is 0.143. The Morgan fingerprint density at radius 1 is 1.09 bits per heavy atom. The zero-order valence-electron chi connectivity index (χ0n) is 17.4. The predicted octanol–water partition coefficient (Wildman–Crippen LogP) is 3.99. The summed E-state index contributed by atoms with van der Waals surface area (Å²) in [6.07, 6.45) is 2.64. The van der Waals surface area contributed by atoms with E-state index >= 15 is 0 Å². The van der Waals surface area contributed by atoms with Gasteiger partial charge < -0.3 is 21.3 Å². The molecule has 4 N–H and O–H groups in total. The first-order valence-electron chi connectivity index (χ1n) is 9.99. The Balaban J connectivity index is 1.46. The molecule has 0 saturated heterocycles. The summed E-state index contributed by atoms with van der Waals surface area (Å²) in [6.45, 7) is 0.887. The molecular formula is C22H21BrF2N6O2. The molecule has 0 aliphatic heterocycles. The molecule has 2 amide bonds. The van der Waals surface area contributed by atoms with Crippen molar-refractivity contribution in [3.8, 4) is 0 Å². The van der Waals surface area contributed by atoms with Gasteiger partial charge in [-0.3, -0.25) is 9.59 Å². The van der Waals surface area contributed by atoms with Gasteiger partial charge in [-0.25, -0.2) is 13.8 Å². The topological polar surface area (TPSA) is 108 Å². The quantitative estimate of drug-likeness (QED) is 0.226. The number of amides is 2. The van der Waals surface area contributed by atoms with Crippen molar-refractivity contribution in [2.75, 3.05) is 29.0 Å². The Morgan fingerprint density at radius 2 is 1.91 bits per heavy atom. The van der Waals surface area contributed by atoms with Crippen LogP contribution in [0.4, 0.5) is 31.9 Å². The smallest absolute Gasteiger partial charge is 0.229 e. The lowest BCUT2D eigenvalue weighted by atomic mass is 10.1. The van der Waals surface area contributed by atoms with Crippen molar-refractivity contribution >= 4 is 51.4 Å². The van der Waals surface area contributed by atoms with Gasteiger partial charge in [-0.1, -0.05) is 12.1 Å². The largest absolute Gasteiger partial charge is 0.369 e. The van der Waals surface area contributed by atoms with Crippen molar-refractivity contribution in [1.82, 2.24) is 15.3 Å². The van der Waals surface area contributed by atoms with Crippen molar-refractivity contribution in [1.29, 1.82) is 0 Å². The van der Waals surface area contributed by atoms with Crippen LogP contribution in [0.3, 0.4) is 0 Å². The highest BCUT2D eigenvalue weighted by Gasteiger charge is 2.09. The third-order valence-electron chi connectivity index (χ3n) is 4.42. The maximum atomic E-state index is 13.6. The lowest BCUT2D eigenvalue weighted by Gasteiger charge is -2.11. The van der Waals surface area contributed by atoms with Crippen LogP contribution < -0.4 is 21.3 Å². The Morgan fingerprint density at radius 3 is 2.70 bits per heavy atom. The standard InChI is InChI=1S/C22H21BrF2N6O2/c23-18-12-28-22(30-17-4-1-3-16(11-17)29-13-32)31-21(18)27-8-2-7-26-20(33)9-14-5-6-15(24)10-19(14)25/h1,3-6,10-13H,2,7-9H2,(H,26,33)(H,29,32)(H2,27,28,30,31). The number of hydrogen-bond donors (Lipinski definition) is 4. The van der Waals surface area contributed by atoms with E-state index in [-0.39, 0.29) is 17.9 Å². The van der Waals surface area contributed by atoms with Gasteiger partial charge in [-0.05, 0) is 52.2 Å². The number of aromatic nitrogens is 2. The van der Waals surface area contributed by atoms with Gasteiger partial charge in [0.1, 0.15) is 17.5 Å². The molecule has 0 saturated carbocycles. The normalized spacial score (nSPS) is 10.4. The third kappa shape index (κ3) is 7.49. The molecule has 3 rings (SSSR count). The first-order valence-corrected chi connectivity index (χ1v) is 10.8. The van der Waals surface area contributed by atoms with Crippen molar-refractivity contribution in [2.24, 2.45) is 0 Å². The van der Waals surface area contributed by atoms with Crippen LogP contribution in [0.15, 0.2) is 53.1 Å². The molecular weight excluding hydrogens is 498 g/mol. The minimum atomic E-state index is -0.739. The molecule has 11 heteroatoms. The first-order chi connectivity index (χ1) is 15.9. The summed E-state index contributed by atoms with van der Waals surface area (Å²) < 4.78 is 27.2. The fraction of sp³-hybridized carbons (Fsp3) is 0.182. The number of anilines is 4. The molecule has 0 unspecified atom stereocenters. The minimum Gasteiger partial charge on any atom is -0.369 e. The lowest BCUT2D eigenvalue weighted by molar-refractivity contribution is -0.120. The highest BCUT2D eigenvalue weighted by molar-refractivity contribution is 9.10. The second kappa shape index (κ2) is 11.9. The Labute approximate surface area is 197 Å². The Hall–Kier alpha value is -3.60. The summed E-state index contributed by atoms with van der Waals surface area (Å²) in [4.78, 5) is 31.2. The average Bonchev–Trinajstić information content (AvgIpc) is 2.78. The molecule has 0 aliphatic carbocycles. The van der Waals surface area contributed by atoms with Crippen LogP contribution in [0.25, 0.3) is 0 Å². The summed E-state index contributed by atoms with van der Waals surface area (Å²) in [7, 11) is 0. The number of nitrogens with zero attached hydrogens (tertiary/aromatic N) is 2. The molecule has 2 aromatic carbocycles. The van der Waals surface area contributed by atoms with Crippen molar-refractivity contribution in [2.45, 2.75) is 12.8 Å². The summed E-state index contributed by atoms with van der Waals surface area (Å²) in [5.41, 5.74) is 1.48. The highest BCUT2D eigenvalue weighted by Crippen LogP contribution is 2.23. The Kier molecular flexibility index (Phi) is 8.64. The molecule has 8 nitrogen and oxygen atoms in total. The summed E-state index contributed by atoms with van der Waals surface area (Å²) in [5.74, 6) is -0.841.